The second-order valence-corrected chi connectivity index (χ2v) is 4.73. The monoisotopic (exact) mass is 263 g/mol. The maximum atomic E-state index is 11.4. The molecule has 0 bridgehead atoms. The van der Waals surface area contributed by atoms with E-state index in [9.17, 15) is 4.79 Å². The molecule has 19 heavy (non-hydrogen) atoms. The summed E-state index contributed by atoms with van der Waals surface area (Å²) in [4.78, 5) is 19.7. The molecule has 104 valence electrons. The maximum absolute atomic E-state index is 11.4. The van der Waals surface area contributed by atoms with Gasteiger partial charge in [-0.25, -0.2) is 9.78 Å². The van der Waals surface area contributed by atoms with Crippen molar-refractivity contribution in [2.45, 2.75) is 18.9 Å². The fraction of sp³-hybridized carbons (Fsp3) is 0.538. The van der Waals surface area contributed by atoms with Crippen molar-refractivity contribution in [2.24, 2.45) is 11.5 Å². The molecule has 2 amide bonds. The number of rotatable bonds is 4. The number of carbonyl (C=O) groups is 1. The van der Waals surface area contributed by atoms with Crippen LogP contribution in [0.2, 0.25) is 0 Å². The van der Waals surface area contributed by atoms with E-state index in [2.05, 4.69) is 9.88 Å². The molecule has 0 spiro atoms. The smallest absolute Gasteiger partial charge is 0.315 e. The molecule has 1 saturated heterocycles. The third-order valence-corrected chi connectivity index (χ3v) is 3.53. The first-order valence-electron chi connectivity index (χ1n) is 6.64. The van der Waals surface area contributed by atoms with E-state index >= 15 is 0 Å². The Labute approximate surface area is 113 Å². The lowest BCUT2D eigenvalue weighted by atomic mass is 10.0. The first-order valence-corrected chi connectivity index (χ1v) is 6.64. The van der Waals surface area contributed by atoms with Crippen LogP contribution in [0.15, 0.2) is 24.4 Å². The third-order valence-electron chi connectivity index (χ3n) is 3.53. The van der Waals surface area contributed by atoms with Crippen molar-refractivity contribution >= 4 is 11.8 Å². The van der Waals surface area contributed by atoms with Crippen molar-refractivity contribution in [3.05, 3.63) is 24.4 Å². The number of hydrogen-bond donors (Lipinski definition) is 2. The Morgan fingerprint density at radius 1 is 1.42 bits per heavy atom. The van der Waals surface area contributed by atoms with Gasteiger partial charge in [-0.1, -0.05) is 6.07 Å². The van der Waals surface area contributed by atoms with Gasteiger partial charge in [0.2, 0.25) is 0 Å². The minimum absolute atomic E-state index is 0.195. The molecule has 1 aliphatic heterocycles. The van der Waals surface area contributed by atoms with Crippen LogP contribution in [0, 0.1) is 0 Å². The quantitative estimate of drug-likeness (QED) is 0.822. The zero-order valence-corrected chi connectivity index (χ0v) is 11.0. The molecule has 0 aromatic carbocycles. The van der Waals surface area contributed by atoms with E-state index in [1.165, 1.54) is 0 Å². The summed E-state index contributed by atoms with van der Waals surface area (Å²) in [5, 5.41) is 0. The number of hydrogen-bond acceptors (Lipinski definition) is 4. The highest BCUT2D eigenvalue weighted by Gasteiger charge is 2.26. The molecule has 0 unspecified atom stereocenters. The van der Waals surface area contributed by atoms with Crippen LogP contribution >= 0.6 is 0 Å². The van der Waals surface area contributed by atoms with E-state index < -0.39 is 0 Å². The van der Waals surface area contributed by atoms with E-state index in [-0.39, 0.29) is 12.1 Å². The molecule has 0 aliphatic carbocycles. The molecular weight excluding hydrogens is 242 g/mol. The minimum atomic E-state index is -0.373. The number of primary amides is 1. The van der Waals surface area contributed by atoms with Gasteiger partial charge in [-0.15, -0.1) is 0 Å². The standard InChI is InChI=1S/C13H21N5O/c14-6-10-18(13(15)19)11-4-8-17(9-5-11)12-3-1-2-7-16-12/h1-3,7,11H,4-6,8-10,14H2,(H2,15,19). The van der Waals surface area contributed by atoms with E-state index in [1.807, 2.05) is 18.2 Å². The van der Waals surface area contributed by atoms with E-state index in [0.717, 1.165) is 31.7 Å². The van der Waals surface area contributed by atoms with Gasteiger partial charge >= 0.3 is 6.03 Å². The lowest BCUT2D eigenvalue weighted by Gasteiger charge is -2.38. The van der Waals surface area contributed by atoms with E-state index in [0.29, 0.717) is 13.1 Å². The number of nitrogens with zero attached hydrogens (tertiary/aromatic N) is 3. The molecule has 6 heteroatoms. The molecular formula is C13H21N5O. The van der Waals surface area contributed by atoms with E-state index in [1.54, 1.807) is 11.1 Å². The summed E-state index contributed by atoms with van der Waals surface area (Å²) in [5.41, 5.74) is 10.9. The zero-order chi connectivity index (χ0) is 13.7. The maximum Gasteiger partial charge on any atom is 0.315 e. The number of pyridine rings is 1. The first kappa shape index (κ1) is 13.6. The van der Waals surface area contributed by atoms with Crippen molar-refractivity contribution in [1.29, 1.82) is 0 Å². The fourth-order valence-electron chi connectivity index (χ4n) is 2.56. The Hall–Kier alpha value is -1.82. The molecule has 2 rings (SSSR count). The fourth-order valence-corrected chi connectivity index (χ4v) is 2.56. The Morgan fingerprint density at radius 2 is 2.16 bits per heavy atom. The van der Waals surface area contributed by atoms with Gasteiger partial charge in [-0.3, -0.25) is 0 Å². The molecule has 2 heterocycles. The van der Waals surface area contributed by atoms with Crippen LogP contribution in [0.5, 0.6) is 0 Å². The van der Waals surface area contributed by atoms with Crippen molar-refractivity contribution in [3.63, 3.8) is 0 Å². The van der Waals surface area contributed by atoms with Crippen molar-refractivity contribution in [1.82, 2.24) is 9.88 Å². The predicted octanol–water partition coefficient (Wildman–Crippen LogP) is 0.390. The van der Waals surface area contributed by atoms with E-state index in [4.69, 9.17) is 11.5 Å². The summed E-state index contributed by atoms with van der Waals surface area (Å²) in [7, 11) is 0. The molecule has 1 fully saturated rings. The Kier molecular flexibility index (Phi) is 4.57. The second-order valence-electron chi connectivity index (χ2n) is 4.73. The number of urea groups is 1. The van der Waals surface area contributed by atoms with Crippen LogP contribution in [-0.2, 0) is 0 Å². The van der Waals surface area contributed by atoms with Gasteiger partial charge in [-0.05, 0) is 25.0 Å². The van der Waals surface area contributed by atoms with Crippen LogP contribution in [0.4, 0.5) is 10.6 Å². The molecule has 6 nitrogen and oxygen atoms in total. The number of carbonyl (C=O) groups excluding carboxylic acids is 1. The average molecular weight is 263 g/mol. The Bertz CT molecular complexity index is 403. The van der Waals surface area contributed by atoms with Crippen LogP contribution < -0.4 is 16.4 Å². The van der Waals surface area contributed by atoms with Gasteiger partial charge in [-0.2, -0.15) is 0 Å². The van der Waals surface area contributed by atoms with Crippen molar-refractivity contribution in [2.75, 3.05) is 31.1 Å². The van der Waals surface area contributed by atoms with Crippen molar-refractivity contribution in [3.8, 4) is 0 Å². The molecule has 4 N–H and O–H groups in total. The normalized spacial score (nSPS) is 16.4. The van der Waals surface area contributed by atoms with Crippen LogP contribution in [-0.4, -0.2) is 48.1 Å². The molecule has 1 aromatic rings. The average Bonchev–Trinajstić information content (AvgIpc) is 2.46. The number of anilines is 1. The third kappa shape index (κ3) is 3.35. The molecule has 1 aromatic heterocycles. The minimum Gasteiger partial charge on any atom is -0.356 e. The molecule has 1 aliphatic rings. The van der Waals surface area contributed by atoms with Gasteiger partial charge < -0.3 is 21.3 Å². The number of amides is 2. The lowest BCUT2D eigenvalue weighted by Crippen LogP contribution is -2.51. The van der Waals surface area contributed by atoms with Gasteiger partial charge in [0, 0.05) is 38.4 Å². The van der Waals surface area contributed by atoms with Gasteiger partial charge in [0.1, 0.15) is 5.82 Å². The van der Waals surface area contributed by atoms with Gasteiger partial charge in [0.15, 0.2) is 0 Å². The highest BCUT2D eigenvalue weighted by atomic mass is 16.2. The largest absolute Gasteiger partial charge is 0.356 e. The summed E-state index contributed by atoms with van der Waals surface area (Å²) in [6, 6.07) is 5.72. The van der Waals surface area contributed by atoms with Gasteiger partial charge in [0.25, 0.3) is 0 Å². The lowest BCUT2D eigenvalue weighted by molar-refractivity contribution is 0.173. The SMILES string of the molecule is NCCN(C(N)=O)C1CCN(c2ccccn2)CC1. The van der Waals surface area contributed by atoms with Crippen molar-refractivity contribution < 1.29 is 4.79 Å². The summed E-state index contributed by atoms with van der Waals surface area (Å²) in [6.07, 6.45) is 3.60. The summed E-state index contributed by atoms with van der Waals surface area (Å²) >= 11 is 0. The highest BCUT2D eigenvalue weighted by Crippen LogP contribution is 2.20. The predicted molar refractivity (Wildman–Crippen MR) is 74.8 cm³/mol. The number of aromatic nitrogens is 1. The molecule has 0 atom stereocenters. The van der Waals surface area contributed by atoms with Crippen LogP contribution in [0.1, 0.15) is 12.8 Å². The van der Waals surface area contributed by atoms with Crippen LogP contribution in [0.3, 0.4) is 0 Å². The first-order chi connectivity index (χ1) is 9.22. The summed E-state index contributed by atoms with van der Waals surface area (Å²) < 4.78 is 0. The number of nitrogens with two attached hydrogens (primary N) is 2. The summed E-state index contributed by atoms with van der Waals surface area (Å²) in [5.74, 6) is 0.991. The molecule has 0 radical (unpaired) electrons. The topological polar surface area (TPSA) is 88.5 Å². The number of piperidine rings is 1. The Balaban J connectivity index is 1.93. The highest BCUT2D eigenvalue weighted by molar-refractivity contribution is 5.72. The molecule has 0 saturated carbocycles. The Morgan fingerprint density at radius 3 is 2.68 bits per heavy atom. The second kappa shape index (κ2) is 6.38. The van der Waals surface area contributed by atoms with Crippen LogP contribution in [0.25, 0.3) is 0 Å². The van der Waals surface area contributed by atoms with Gasteiger partial charge in [0.05, 0.1) is 0 Å². The zero-order valence-electron chi connectivity index (χ0n) is 11.0. The summed E-state index contributed by atoms with van der Waals surface area (Å²) in [6.45, 7) is 2.75.